The number of hydrogen-bond donors (Lipinski definition) is 0. The monoisotopic (exact) mass is 280 g/mol. The number of halogens is 2. The van der Waals surface area contributed by atoms with Crippen molar-refractivity contribution in [2.24, 2.45) is 5.41 Å². The molecule has 0 aliphatic heterocycles. The van der Waals surface area contributed by atoms with Gasteiger partial charge in [0, 0.05) is 0 Å². The van der Waals surface area contributed by atoms with Gasteiger partial charge in [-0.2, -0.15) is 0 Å². The summed E-state index contributed by atoms with van der Waals surface area (Å²) in [6, 6.07) is 0. The Kier molecular flexibility index (Phi) is 8.89. The molecule has 0 amide bonds. The van der Waals surface area contributed by atoms with Crippen molar-refractivity contribution < 1.29 is 9.59 Å². The van der Waals surface area contributed by atoms with Crippen molar-refractivity contribution in [1.82, 2.24) is 0 Å². The van der Waals surface area contributed by atoms with E-state index in [0.717, 1.165) is 38.5 Å². The highest BCUT2D eigenvalue weighted by Crippen LogP contribution is 2.36. The summed E-state index contributed by atoms with van der Waals surface area (Å²) in [6.07, 6.45) is 6.66. The van der Waals surface area contributed by atoms with E-state index in [9.17, 15) is 9.59 Å². The highest BCUT2D eigenvalue weighted by molar-refractivity contribution is 6.74. The molecule has 0 aromatic heterocycles. The predicted molar refractivity (Wildman–Crippen MR) is 72.4 cm³/mol. The molecular weight excluding hydrogens is 259 g/mol. The van der Waals surface area contributed by atoms with Gasteiger partial charge in [-0.3, -0.25) is 9.59 Å². The first-order valence-electron chi connectivity index (χ1n) is 6.41. The Hall–Kier alpha value is -0.0800. The molecule has 0 spiro atoms. The largest absolute Gasteiger partial charge is 0.280 e. The maximum absolute atomic E-state index is 11.6. The molecule has 2 nitrogen and oxygen atoms in total. The minimum absolute atomic E-state index is 0.481. The summed E-state index contributed by atoms with van der Waals surface area (Å²) in [7, 11) is 0. The summed E-state index contributed by atoms with van der Waals surface area (Å²) < 4.78 is 0. The fraction of sp³-hybridized carbons (Fsp3) is 0.846. The van der Waals surface area contributed by atoms with Gasteiger partial charge < -0.3 is 0 Å². The zero-order chi connectivity index (χ0) is 13.3. The molecule has 0 aliphatic carbocycles. The molecule has 0 N–H and O–H groups in total. The van der Waals surface area contributed by atoms with Crippen molar-refractivity contribution in [2.45, 2.75) is 65.2 Å². The maximum Gasteiger partial charge on any atom is 0.236 e. The summed E-state index contributed by atoms with van der Waals surface area (Å²) in [4.78, 5) is 23.1. The van der Waals surface area contributed by atoms with E-state index < -0.39 is 15.9 Å². The van der Waals surface area contributed by atoms with Gasteiger partial charge in [-0.1, -0.05) is 52.4 Å². The quantitative estimate of drug-likeness (QED) is 0.331. The Morgan fingerprint density at radius 2 is 1.18 bits per heavy atom. The van der Waals surface area contributed by atoms with E-state index in [4.69, 9.17) is 23.2 Å². The average molecular weight is 281 g/mol. The average Bonchev–Trinajstić information content (AvgIpc) is 2.26. The van der Waals surface area contributed by atoms with Gasteiger partial charge >= 0.3 is 0 Å². The van der Waals surface area contributed by atoms with Gasteiger partial charge in [0.25, 0.3) is 0 Å². The molecule has 17 heavy (non-hydrogen) atoms. The summed E-state index contributed by atoms with van der Waals surface area (Å²) >= 11 is 11.2. The van der Waals surface area contributed by atoms with Crippen LogP contribution in [0.25, 0.3) is 0 Å². The van der Waals surface area contributed by atoms with Crippen LogP contribution in [0.2, 0.25) is 0 Å². The molecular formula is C13H22Cl2O2. The highest BCUT2D eigenvalue weighted by Gasteiger charge is 2.42. The third-order valence-corrected chi connectivity index (χ3v) is 3.89. The SMILES string of the molecule is CCCCCC(CCCCC)(C(=O)Cl)C(=O)Cl. The summed E-state index contributed by atoms with van der Waals surface area (Å²) in [5.41, 5.74) is -1.15. The molecule has 0 aromatic rings. The van der Waals surface area contributed by atoms with Crippen LogP contribution in [0.4, 0.5) is 0 Å². The zero-order valence-corrected chi connectivity index (χ0v) is 12.2. The van der Waals surface area contributed by atoms with E-state index in [2.05, 4.69) is 13.8 Å². The van der Waals surface area contributed by atoms with Gasteiger partial charge in [-0.25, -0.2) is 0 Å². The van der Waals surface area contributed by atoms with E-state index >= 15 is 0 Å². The van der Waals surface area contributed by atoms with E-state index in [-0.39, 0.29) is 0 Å². The minimum atomic E-state index is -1.15. The molecule has 4 heteroatoms. The first-order chi connectivity index (χ1) is 8.01. The first-order valence-corrected chi connectivity index (χ1v) is 7.16. The number of rotatable bonds is 10. The molecule has 0 saturated heterocycles. The van der Waals surface area contributed by atoms with Gasteiger partial charge in [0.05, 0.1) is 0 Å². The van der Waals surface area contributed by atoms with Crippen molar-refractivity contribution in [3.05, 3.63) is 0 Å². The third kappa shape index (κ3) is 5.39. The number of carbonyl (C=O) groups excluding carboxylic acids is 2. The van der Waals surface area contributed by atoms with E-state index in [1.807, 2.05) is 0 Å². The van der Waals surface area contributed by atoms with Gasteiger partial charge in [-0.15, -0.1) is 0 Å². The zero-order valence-electron chi connectivity index (χ0n) is 10.7. The Morgan fingerprint density at radius 3 is 1.41 bits per heavy atom. The van der Waals surface area contributed by atoms with Gasteiger partial charge in [0.2, 0.25) is 10.5 Å². The van der Waals surface area contributed by atoms with Crippen LogP contribution in [0, 0.1) is 5.41 Å². The van der Waals surface area contributed by atoms with Gasteiger partial charge in [0.15, 0.2) is 0 Å². The van der Waals surface area contributed by atoms with E-state index in [0.29, 0.717) is 12.8 Å². The lowest BCUT2D eigenvalue weighted by molar-refractivity contribution is -0.132. The maximum atomic E-state index is 11.6. The van der Waals surface area contributed by atoms with Crippen LogP contribution in [0.15, 0.2) is 0 Å². The molecule has 0 heterocycles. The topological polar surface area (TPSA) is 34.1 Å². The van der Waals surface area contributed by atoms with Crippen molar-refractivity contribution in [3.8, 4) is 0 Å². The van der Waals surface area contributed by atoms with E-state index in [1.165, 1.54) is 0 Å². The lowest BCUT2D eigenvalue weighted by Gasteiger charge is -2.25. The predicted octanol–water partition coefficient (Wildman–Crippen LogP) is 4.66. The second kappa shape index (κ2) is 8.93. The van der Waals surface area contributed by atoms with Crippen LogP contribution in [-0.2, 0) is 9.59 Å². The standard InChI is InChI=1S/C13H22Cl2O2/c1-3-5-7-9-13(11(14)16,12(15)17)10-8-6-4-2/h3-10H2,1-2H3. The smallest absolute Gasteiger partial charge is 0.236 e. The highest BCUT2D eigenvalue weighted by atomic mass is 35.5. The van der Waals surface area contributed by atoms with Crippen LogP contribution >= 0.6 is 23.2 Å². The van der Waals surface area contributed by atoms with Crippen molar-refractivity contribution in [1.29, 1.82) is 0 Å². The molecule has 0 saturated carbocycles. The van der Waals surface area contributed by atoms with Crippen LogP contribution in [0.3, 0.4) is 0 Å². The first kappa shape index (κ1) is 16.9. The Balaban J connectivity index is 4.62. The second-order valence-electron chi connectivity index (χ2n) is 4.54. The second-order valence-corrected chi connectivity index (χ2v) is 5.23. The Morgan fingerprint density at radius 1 is 0.824 bits per heavy atom. The van der Waals surface area contributed by atoms with Crippen LogP contribution in [0.1, 0.15) is 65.2 Å². The number of hydrogen-bond acceptors (Lipinski definition) is 2. The Bertz CT molecular complexity index is 226. The third-order valence-electron chi connectivity index (χ3n) is 3.17. The molecule has 0 rings (SSSR count). The van der Waals surface area contributed by atoms with Gasteiger partial charge in [-0.05, 0) is 36.0 Å². The van der Waals surface area contributed by atoms with Crippen LogP contribution < -0.4 is 0 Å². The summed E-state index contributed by atoms with van der Waals surface area (Å²) in [6.45, 7) is 4.15. The molecule has 0 unspecified atom stereocenters. The normalized spacial score (nSPS) is 11.5. The Labute approximate surface area is 114 Å². The van der Waals surface area contributed by atoms with Crippen molar-refractivity contribution in [2.75, 3.05) is 0 Å². The fourth-order valence-electron chi connectivity index (χ4n) is 1.95. The molecule has 0 radical (unpaired) electrons. The summed E-state index contributed by atoms with van der Waals surface area (Å²) in [5.74, 6) is 0. The number of unbranched alkanes of at least 4 members (excludes halogenated alkanes) is 4. The van der Waals surface area contributed by atoms with Crippen molar-refractivity contribution in [3.63, 3.8) is 0 Å². The number of carbonyl (C=O) groups is 2. The molecule has 0 fully saturated rings. The fourth-order valence-corrected chi connectivity index (χ4v) is 2.55. The molecule has 100 valence electrons. The van der Waals surface area contributed by atoms with Crippen LogP contribution in [-0.4, -0.2) is 10.5 Å². The van der Waals surface area contributed by atoms with Gasteiger partial charge in [0.1, 0.15) is 5.41 Å². The lowest BCUT2D eigenvalue weighted by Crippen LogP contribution is -2.34. The molecule has 0 aliphatic rings. The minimum Gasteiger partial charge on any atom is -0.280 e. The molecule has 0 aromatic carbocycles. The van der Waals surface area contributed by atoms with E-state index in [1.54, 1.807) is 0 Å². The van der Waals surface area contributed by atoms with Crippen molar-refractivity contribution >= 4 is 33.7 Å². The summed E-state index contributed by atoms with van der Waals surface area (Å²) in [5, 5.41) is -1.19. The molecule has 0 bridgehead atoms. The van der Waals surface area contributed by atoms with Crippen LogP contribution in [0.5, 0.6) is 0 Å². The lowest BCUT2D eigenvalue weighted by atomic mass is 9.80. The molecule has 0 atom stereocenters.